The predicted molar refractivity (Wildman–Crippen MR) is 71.8 cm³/mol. The van der Waals surface area contributed by atoms with Gasteiger partial charge in [0.1, 0.15) is 0 Å². The Kier molecular flexibility index (Phi) is 5.38. The second kappa shape index (κ2) is 6.60. The number of hydrogen-bond donors (Lipinski definition) is 1. The summed E-state index contributed by atoms with van der Waals surface area (Å²) in [5, 5.41) is 13.5. The third kappa shape index (κ3) is 4.12. The van der Waals surface area contributed by atoms with Gasteiger partial charge in [-0.1, -0.05) is 13.8 Å². The van der Waals surface area contributed by atoms with Crippen LogP contribution in [0.5, 0.6) is 0 Å². The van der Waals surface area contributed by atoms with Crippen molar-refractivity contribution in [2.75, 3.05) is 25.6 Å². The highest BCUT2D eigenvalue weighted by molar-refractivity contribution is 5.62. The number of nitrogens with zero attached hydrogens (tertiary/aromatic N) is 1. The maximum absolute atomic E-state index is 13.7. The highest BCUT2D eigenvalue weighted by Gasteiger charge is 2.24. The van der Waals surface area contributed by atoms with Crippen LogP contribution in [0.3, 0.4) is 0 Å². The van der Waals surface area contributed by atoms with Crippen molar-refractivity contribution in [3.05, 3.63) is 33.9 Å². The van der Waals surface area contributed by atoms with E-state index in [1.807, 2.05) is 13.8 Å². The molecule has 1 aromatic carbocycles. The molecule has 0 saturated carbocycles. The summed E-state index contributed by atoms with van der Waals surface area (Å²) in [7, 11) is 1.57. The minimum atomic E-state index is -1.23. The second-order valence-electron chi connectivity index (χ2n) is 5.27. The number of rotatable bonds is 7. The van der Waals surface area contributed by atoms with Crippen LogP contribution in [-0.4, -0.2) is 25.2 Å². The molecular weight excluding hydrogens is 270 g/mol. The van der Waals surface area contributed by atoms with E-state index >= 15 is 0 Å². The molecule has 0 heterocycles. The molecule has 7 heteroatoms. The number of methoxy groups -OCH3 is 1. The van der Waals surface area contributed by atoms with Crippen molar-refractivity contribution < 1.29 is 18.4 Å². The summed E-state index contributed by atoms with van der Waals surface area (Å²) in [4.78, 5) is 10.1. The summed E-state index contributed by atoms with van der Waals surface area (Å²) >= 11 is 0. The van der Waals surface area contributed by atoms with Gasteiger partial charge in [-0.05, 0) is 17.9 Å². The van der Waals surface area contributed by atoms with Crippen LogP contribution in [0.4, 0.5) is 20.2 Å². The van der Waals surface area contributed by atoms with Crippen LogP contribution in [0.1, 0.15) is 20.3 Å². The molecule has 0 fully saturated rings. The molecule has 0 aliphatic carbocycles. The molecule has 20 heavy (non-hydrogen) atoms. The molecule has 0 atom stereocenters. The smallest absolute Gasteiger partial charge is 0.295 e. The van der Waals surface area contributed by atoms with Crippen molar-refractivity contribution in [1.82, 2.24) is 0 Å². The van der Waals surface area contributed by atoms with E-state index < -0.39 is 27.9 Å². The Bertz CT molecular complexity index is 493. The van der Waals surface area contributed by atoms with Crippen LogP contribution < -0.4 is 5.32 Å². The van der Waals surface area contributed by atoms with Crippen LogP contribution in [0.25, 0.3) is 0 Å². The molecule has 112 valence electrons. The van der Waals surface area contributed by atoms with Gasteiger partial charge in [0, 0.05) is 26.3 Å². The summed E-state index contributed by atoms with van der Waals surface area (Å²) in [5.41, 5.74) is -1.17. The lowest BCUT2D eigenvalue weighted by molar-refractivity contribution is -0.384. The SMILES string of the molecule is COCCC(C)(C)CNc1c([N+](=O)[O-])ccc(F)c1F. The third-order valence-corrected chi connectivity index (χ3v) is 3.00. The third-order valence-electron chi connectivity index (χ3n) is 3.00. The number of hydrogen-bond acceptors (Lipinski definition) is 4. The van der Waals surface area contributed by atoms with Gasteiger partial charge >= 0.3 is 0 Å². The quantitative estimate of drug-likeness (QED) is 0.617. The number of benzene rings is 1. The van der Waals surface area contributed by atoms with E-state index in [4.69, 9.17) is 4.74 Å². The zero-order chi connectivity index (χ0) is 15.3. The normalized spacial score (nSPS) is 11.4. The van der Waals surface area contributed by atoms with Crippen LogP contribution in [0.2, 0.25) is 0 Å². The van der Waals surface area contributed by atoms with E-state index in [0.717, 1.165) is 12.1 Å². The zero-order valence-electron chi connectivity index (χ0n) is 11.7. The van der Waals surface area contributed by atoms with E-state index in [1.54, 1.807) is 7.11 Å². The molecule has 0 spiro atoms. The first kappa shape index (κ1) is 16.3. The van der Waals surface area contributed by atoms with E-state index in [9.17, 15) is 18.9 Å². The fourth-order valence-electron chi connectivity index (χ4n) is 1.66. The van der Waals surface area contributed by atoms with Gasteiger partial charge in [-0.3, -0.25) is 10.1 Å². The molecule has 0 aliphatic rings. The second-order valence-corrected chi connectivity index (χ2v) is 5.27. The molecule has 5 nitrogen and oxygen atoms in total. The van der Waals surface area contributed by atoms with Gasteiger partial charge in [0.15, 0.2) is 17.3 Å². The van der Waals surface area contributed by atoms with Gasteiger partial charge in [-0.15, -0.1) is 0 Å². The molecule has 0 bridgehead atoms. The lowest BCUT2D eigenvalue weighted by Gasteiger charge is -2.25. The summed E-state index contributed by atoms with van der Waals surface area (Å²) < 4.78 is 31.8. The van der Waals surface area contributed by atoms with Gasteiger partial charge in [-0.25, -0.2) is 8.78 Å². The molecule has 1 rings (SSSR count). The highest BCUT2D eigenvalue weighted by atomic mass is 19.2. The lowest BCUT2D eigenvalue weighted by Crippen LogP contribution is -2.25. The van der Waals surface area contributed by atoms with Crippen molar-refractivity contribution in [1.29, 1.82) is 0 Å². The number of anilines is 1. The minimum absolute atomic E-state index is 0.261. The maximum atomic E-state index is 13.7. The average Bonchev–Trinajstić information content (AvgIpc) is 2.37. The van der Waals surface area contributed by atoms with Crippen molar-refractivity contribution >= 4 is 11.4 Å². The largest absolute Gasteiger partial charge is 0.385 e. The fraction of sp³-hybridized carbons (Fsp3) is 0.538. The number of ether oxygens (including phenoxy) is 1. The first-order valence-electron chi connectivity index (χ1n) is 6.13. The van der Waals surface area contributed by atoms with E-state index in [2.05, 4.69) is 5.32 Å². The maximum Gasteiger partial charge on any atom is 0.295 e. The van der Waals surface area contributed by atoms with Gasteiger partial charge in [-0.2, -0.15) is 0 Å². The van der Waals surface area contributed by atoms with Gasteiger partial charge < -0.3 is 10.1 Å². The Labute approximate surface area is 116 Å². The van der Waals surface area contributed by atoms with Crippen LogP contribution >= 0.6 is 0 Å². The Morgan fingerprint density at radius 3 is 2.60 bits per heavy atom. The molecule has 1 aromatic rings. The van der Waals surface area contributed by atoms with E-state index in [-0.39, 0.29) is 12.0 Å². The summed E-state index contributed by atoms with van der Waals surface area (Å²) in [6.45, 7) is 4.59. The first-order valence-corrected chi connectivity index (χ1v) is 6.13. The van der Waals surface area contributed by atoms with Crippen molar-refractivity contribution in [3.63, 3.8) is 0 Å². The molecule has 0 saturated heterocycles. The first-order chi connectivity index (χ1) is 9.28. The van der Waals surface area contributed by atoms with Crippen molar-refractivity contribution in [2.24, 2.45) is 5.41 Å². The molecule has 0 aliphatic heterocycles. The Morgan fingerprint density at radius 2 is 2.05 bits per heavy atom. The number of nitro groups is 1. The molecule has 1 N–H and O–H groups in total. The summed E-state index contributed by atoms with van der Waals surface area (Å²) in [6, 6.07) is 1.69. The molecular formula is C13H18F2N2O3. The molecule has 0 aromatic heterocycles. The standard InChI is InChI=1S/C13H18F2N2O3/c1-13(2,6-7-20-3)8-16-12-10(17(18)19)5-4-9(14)11(12)15/h4-5,16H,6-8H2,1-3H3. The van der Waals surface area contributed by atoms with Gasteiger partial charge in [0.05, 0.1) is 4.92 Å². The van der Waals surface area contributed by atoms with Crippen molar-refractivity contribution in [3.8, 4) is 0 Å². The number of nitrogens with one attached hydrogen (secondary N) is 1. The van der Waals surface area contributed by atoms with E-state index in [1.165, 1.54) is 0 Å². The minimum Gasteiger partial charge on any atom is -0.385 e. The molecule has 0 unspecified atom stereocenters. The number of nitro benzene ring substituents is 1. The van der Waals surface area contributed by atoms with Crippen LogP contribution in [0.15, 0.2) is 12.1 Å². The van der Waals surface area contributed by atoms with Gasteiger partial charge in [0.25, 0.3) is 5.69 Å². The van der Waals surface area contributed by atoms with Crippen LogP contribution in [-0.2, 0) is 4.74 Å². The molecule has 0 radical (unpaired) electrons. The fourth-order valence-corrected chi connectivity index (χ4v) is 1.66. The van der Waals surface area contributed by atoms with Gasteiger partial charge in [0.2, 0.25) is 0 Å². The van der Waals surface area contributed by atoms with E-state index in [0.29, 0.717) is 13.0 Å². The topological polar surface area (TPSA) is 64.4 Å². The summed E-state index contributed by atoms with van der Waals surface area (Å²) in [5.74, 6) is -2.35. The Morgan fingerprint density at radius 1 is 1.40 bits per heavy atom. The monoisotopic (exact) mass is 288 g/mol. The highest BCUT2D eigenvalue weighted by Crippen LogP contribution is 2.31. The Balaban J connectivity index is 2.91. The summed E-state index contributed by atoms with van der Waals surface area (Å²) in [6.07, 6.45) is 0.682. The van der Waals surface area contributed by atoms with Crippen molar-refractivity contribution in [2.45, 2.75) is 20.3 Å². The predicted octanol–water partition coefficient (Wildman–Crippen LogP) is 3.35. The lowest BCUT2D eigenvalue weighted by atomic mass is 9.89. The average molecular weight is 288 g/mol. The van der Waals surface area contributed by atoms with Crippen LogP contribution in [0, 0.1) is 27.2 Å². The molecule has 0 amide bonds. The Hall–Kier alpha value is -1.76. The number of halogens is 2. The zero-order valence-corrected chi connectivity index (χ0v) is 11.7.